The van der Waals surface area contributed by atoms with Crippen LogP contribution >= 0.6 is 0 Å². The maximum Gasteiger partial charge on any atom is 0.294 e. The minimum atomic E-state index is -0.886. The number of hydrogen-bond donors (Lipinski definition) is 1. The molecule has 4 rings (SSSR count). The number of benzene rings is 3. The van der Waals surface area contributed by atoms with Crippen molar-refractivity contribution in [1.82, 2.24) is 0 Å². The van der Waals surface area contributed by atoms with Crippen molar-refractivity contribution >= 4 is 23.5 Å². The molecule has 178 valence electrons. The molecule has 0 radical (unpaired) electrons. The molecule has 1 aliphatic heterocycles. The molecule has 0 spiro atoms. The van der Waals surface area contributed by atoms with Crippen molar-refractivity contribution in [3.8, 4) is 17.2 Å². The van der Waals surface area contributed by atoms with Gasteiger partial charge in [-0.25, -0.2) is 0 Å². The maximum atomic E-state index is 13.4. The zero-order valence-electron chi connectivity index (χ0n) is 19.6. The fraction of sp³-hybridized carbons (Fsp3) is 0.143. The summed E-state index contributed by atoms with van der Waals surface area (Å²) in [5.41, 5.74) is 1.87. The van der Waals surface area contributed by atoms with Crippen molar-refractivity contribution < 1.29 is 28.9 Å². The first-order chi connectivity index (χ1) is 17.0. The fourth-order valence-corrected chi connectivity index (χ4v) is 4.03. The second kappa shape index (κ2) is 10.2. The Labute approximate surface area is 203 Å². The molecule has 1 unspecified atom stereocenters. The molecule has 7 heteroatoms. The highest BCUT2D eigenvalue weighted by atomic mass is 16.5. The number of anilines is 1. The summed E-state index contributed by atoms with van der Waals surface area (Å²) >= 11 is 0. The van der Waals surface area contributed by atoms with Crippen LogP contribution in [0.1, 0.15) is 17.2 Å². The van der Waals surface area contributed by atoms with Gasteiger partial charge in [0.05, 0.1) is 32.9 Å². The van der Waals surface area contributed by atoms with E-state index in [1.807, 2.05) is 30.3 Å². The lowest BCUT2D eigenvalue weighted by Crippen LogP contribution is -2.30. The Bertz CT molecular complexity index is 1290. The van der Waals surface area contributed by atoms with Crippen LogP contribution in [-0.4, -0.2) is 38.1 Å². The Balaban J connectivity index is 1.82. The van der Waals surface area contributed by atoms with Crippen LogP contribution in [0.5, 0.6) is 17.2 Å². The summed E-state index contributed by atoms with van der Waals surface area (Å²) in [6.45, 7) is 0. The number of rotatable bonds is 8. The van der Waals surface area contributed by atoms with Gasteiger partial charge in [0.2, 0.25) is 0 Å². The van der Waals surface area contributed by atoms with E-state index in [0.717, 1.165) is 5.56 Å². The number of aliphatic hydroxyl groups excluding tert-OH is 1. The Kier molecular flexibility index (Phi) is 6.87. The number of carbonyl (C=O) groups is 2. The molecule has 0 aliphatic carbocycles. The van der Waals surface area contributed by atoms with E-state index in [0.29, 0.717) is 28.5 Å². The number of amides is 1. The molecule has 0 fully saturated rings. The van der Waals surface area contributed by atoms with E-state index in [1.165, 1.54) is 25.2 Å². The van der Waals surface area contributed by atoms with Crippen LogP contribution in [0.2, 0.25) is 0 Å². The van der Waals surface area contributed by atoms with Gasteiger partial charge in [-0.3, -0.25) is 14.5 Å². The lowest BCUT2D eigenvalue weighted by atomic mass is 9.95. The number of ketones is 1. The van der Waals surface area contributed by atoms with Gasteiger partial charge in [0.1, 0.15) is 5.75 Å². The van der Waals surface area contributed by atoms with E-state index in [1.54, 1.807) is 55.7 Å². The van der Waals surface area contributed by atoms with Gasteiger partial charge in [0.25, 0.3) is 5.91 Å². The normalized spacial score (nSPS) is 15.6. The van der Waals surface area contributed by atoms with Crippen molar-refractivity contribution in [3.63, 3.8) is 0 Å². The molecule has 1 aliphatic rings. The smallest absolute Gasteiger partial charge is 0.294 e. The van der Waals surface area contributed by atoms with Crippen LogP contribution in [0.3, 0.4) is 0 Å². The van der Waals surface area contributed by atoms with Gasteiger partial charge in [-0.1, -0.05) is 42.5 Å². The standard InChI is InChI=1S/C28H25NO6/c1-33-21-13-11-20(12-14-21)29-26(19-10-16-23(34-2)24(17-19)35-3)25(27(31)28(29)32)22(30)15-9-18-7-5-4-6-8-18/h4-17,26,31H,1-3H3/b15-9+. The number of hydrogen-bond acceptors (Lipinski definition) is 6. The van der Waals surface area contributed by atoms with E-state index in [4.69, 9.17) is 14.2 Å². The molecule has 3 aromatic carbocycles. The first kappa shape index (κ1) is 23.6. The summed E-state index contributed by atoms with van der Waals surface area (Å²) in [6, 6.07) is 20.4. The number of ether oxygens (including phenoxy) is 3. The largest absolute Gasteiger partial charge is 0.503 e. The molecule has 0 aromatic heterocycles. The van der Waals surface area contributed by atoms with Gasteiger partial charge >= 0.3 is 0 Å². The quantitative estimate of drug-likeness (QED) is 0.471. The molecule has 3 aromatic rings. The SMILES string of the molecule is COc1ccc(N2C(=O)C(O)=C(C(=O)/C=C/c3ccccc3)C2c2ccc(OC)c(OC)c2)cc1. The molecule has 35 heavy (non-hydrogen) atoms. The van der Waals surface area contributed by atoms with E-state index < -0.39 is 23.5 Å². The third-order valence-electron chi connectivity index (χ3n) is 5.77. The van der Waals surface area contributed by atoms with Crippen LogP contribution in [0, 0.1) is 0 Å². The molecular weight excluding hydrogens is 446 g/mol. The van der Waals surface area contributed by atoms with Gasteiger partial charge < -0.3 is 19.3 Å². The Morgan fingerprint density at radius 1 is 0.886 bits per heavy atom. The number of carbonyl (C=O) groups excluding carboxylic acids is 2. The fourth-order valence-electron chi connectivity index (χ4n) is 4.03. The number of methoxy groups -OCH3 is 3. The molecule has 1 heterocycles. The zero-order valence-corrected chi connectivity index (χ0v) is 19.6. The van der Waals surface area contributed by atoms with Gasteiger partial charge in [-0.2, -0.15) is 0 Å². The van der Waals surface area contributed by atoms with Crippen molar-refractivity contribution in [2.24, 2.45) is 0 Å². The summed E-state index contributed by atoms with van der Waals surface area (Å²) < 4.78 is 16.0. The van der Waals surface area contributed by atoms with E-state index in [2.05, 4.69) is 0 Å². The van der Waals surface area contributed by atoms with Crippen LogP contribution in [-0.2, 0) is 9.59 Å². The van der Waals surface area contributed by atoms with Crippen LogP contribution in [0.25, 0.3) is 6.08 Å². The predicted octanol–water partition coefficient (Wildman–Crippen LogP) is 4.89. The van der Waals surface area contributed by atoms with Crippen molar-refractivity contribution in [1.29, 1.82) is 0 Å². The lowest BCUT2D eigenvalue weighted by Gasteiger charge is -2.27. The highest BCUT2D eigenvalue weighted by Crippen LogP contribution is 2.43. The second-order valence-corrected chi connectivity index (χ2v) is 7.76. The Morgan fingerprint density at radius 3 is 2.20 bits per heavy atom. The lowest BCUT2D eigenvalue weighted by molar-refractivity contribution is -0.117. The molecule has 0 saturated carbocycles. The third-order valence-corrected chi connectivity index (χ3v) is 5.77. The molecule has 1 atom stereocenters. The number of allylic oxidation sites excluding steroid dienone is 1. The van der Waals surface area contributed by atoms with Gasteiger partial charge in [0.15, 0.2) is 23.0 Å². The molecule has 1 N–H and O–H groups in total. The average Bonchev–Trinajstić information content (AvgIpc) is 3.17. The molecule has 0 bridgehead atoms. The van der Waals surface area contributed by atoms with Crippen LogP contribution in [0.4, 0.5) is 5.69 Å². The highest BCUT2D eigenvalue weighted by Gasteiger charge is 2.44. The summed E-state index contributed by atoms with van der Waals surface area (Å²) in [6.07, 6.45) is 3.01. The first-order valence-electron chi connectivity index (χ1n) is 10.9. The highest BCUT2D eigenvalue weighted by molar-refractivity contribution is 6.19. The van der Waals surface area contributed by atoms with Crippen LogP contribution < -0.4 is 19.1 Å². The molecule has 7 nitrogen and oxygen atoms in total. The number of aliphatic hydroxyl groups is 1. The van der Waals surface area contributed by atoms with Crippen molar-refractivity contribution in [3.05, 3.63) is 101 Å². The average molecular weight is 472 g/mol. The molecule has 0 saturated heterocycles. The monoisotopic (exact) mass is 471 g/mol. The van der Waals surface area contributed by atoms with Crippen molar-refractivity contribution in [2.75, 3.05) is 26.2 Å². The summed E-state index contributed by atoms with van der Waals surface area (Å²) in [7, 11) is 4.58. The van der Waals surface area contributed by atoms with E-state index >= 15 is 0 Å². The third kappa shape index (κ3) is 4.61. The van der Waals surface area contributed by atoms with Crippen molar-refractivity contribution in [2.45, 2.75) is 6.04 Å². The number of nitrogens with zero attached hydrogens (tertiary/aromatic N) is 1. The summed E-state index contributed by atoms with van der Waals surface area (Å²) in [5.74, 6) is -0.195. The minimum Gasteiger partial charge on any atom is -0.503 e. The Hall–Kier alpha value is -4.52. The zero-order chi connectivity index (χ0) is 24.9. The van der Waals surface area contributed by atoms with E-state index in [9.17, 15) is 14.7 Å². The maximum absolute atomic E-state index is 13.4. The summed E-state index contributed by atoms with van der Waals surface area (Å²) in [4.78, 5) is 28.0. The summed E-state index contributed by atoms with van der Waals surface area (Å²) in [5, 5.41) is 10.9. The van der Waals surface area contributed by atoms with Gasteiger partial charge in [-0.05, 0) is 53.6 Å². The van der Waals surface area contributed by atoms with Gasteiger partial charge in [-0.15, -0.1) is 0 Å². The van der Waals surface area contributed by atoms with Crippen LogP contribution in [0.15, 0.2) is 90.2 Å². The van der Waals surface area contributed by atoms with Gasteiger partial charge in [0, 0.05) is 5.69 Å². The Morgan fingerprint density at radius 2 is 1.57 bits per heavy atom. The minimum absolute atomic E-state index is 0.0229. The second-order valence-electron chi connectivity index (χ2n) is 7.76. The van der Waals surface area contributed by atoms with E-state index in [-0.39, 0.29) is 5.57 Å². The molecule has 1 amide bonds. The molecular formula is C28H25NO6. The first-order valence-corrected chi connectivity index (χ1v) is 10.9. The predicted molar refractivity (Wildman–Crippen MR) is 133 cm³/mol. The topological polar surface area (TPSA) is 85.3 Å².